The van der Waals surface area contributed by atoms with Crippen molar-refractivity contribution in [1.29, 1.82) is 0 Å². The molecule has 3 heteroatoms. The van der Waals surface area contributed by atoms with Crippen molar-refractivity contribution in [2.75, 3.05) is 6.61 Å². The van der Waals surface area contributed by atoms with Gasteiger partial charge in [0.15, 0.2) is 0 Å². The monoisotopic (exact) mass is 199 g/mol. The number of hydrogen-bond donors (Lipinski definition) is 1. The first-order valence-electron chi connectivity index (χ1n) is 5.55. The van der Waals surface area contributed by atoms with E-state index < -0.39 is 0 Å². The van der Waals surface area contributed by atoms with Crippen LogP contribution >= 0.6 is 0 Å². The molecule has 1 fully saturated rings. The molecule has 0 aromatic heterocycles. The molecule has 1 N–H and O–H groups in total. The van der Waals surface area contributed by atoms with Crippen LogP contribution in [0.15, 0.2) is 0 Å². The van der Waals surface area contributed by atoms with Crippen LogP contribution in [0.5, 0.6) is 0 Å². The highest BCUT2D eigenvalue weighted by Gasteiger charge is 2.27. The van der Waals surface area contributed by atoms with Gasteiger partial charge in [0, 0.05) is 12.1 Å². The summed E-state index contributed by atoms with van der Waals surface area (Å²) in [5, 5.41) is 3.48. The van der Waals surface area contributed by atoms with Gasteiger partial charge in [-0.05, 0) is 25.7 Å². The van der Waals surface area contributed by atoms with E-state index in [1.807, 2.05) is 6.92 Å². The van der Waals surface area contributed by atoms with Gasteiger partial charge in [-0.15, -0.1) is 0 Å². The SMILES string of the molecule is CCOC(=O)C[C@H](NC1CC1)C(C)C. The van der Waals surface area contributed by atoms with E-state index in [1.165, 1.54) is 12.8 Å². The van der Waals surface area contributed by atoms with Crippen molar-refractivity contribution in [3.63, 3.8) is 0 Å². The van der Waals surface area contributed by atoms with Crippen LogP contribution in [0.4, 0.5) is 0 Å². The summed E-state index contributed by atoms with van der Waals surface area (Å²) >= 11 is 0. The maximum absolute atomic E-state index is 11.3. The van der Waals surface area contributed by atoms with E-state index in [1.54, 1.807) is 0 Å². The molecular formula is C11H21NO2. The largest absolute Gasteiger partial charge is 0.466 e. The molecule has 0 amide bonds. The lowest BCUT2D eigenvalue weighted by Crippen LogP contribution is -2.37. The van der Waals surface area contributed by atoms with Crippen LogP contribution in [0.1, 0.15) is 40.0 Å². The summed E-state index contributed by atoms with van der Waals surface area (Å²) in [5.74, 6) is 0.402. The second-order valence-electron chi connectivity index (χ2n) is 4.30. The summed E-state index contributed by atoms with van der Waals surface area (Å²) in [6.45, 7) is 6.60. The molecule has 0 heterocycles. The van der Waals surface area contributed by atoms with E-state index in [4.69, 9.17) is 4.74 Å². The Kier molecular flexibility index (Phi) is 4.39. The quantitative estimate of drug-likeness (QED) is 0.662. The van der Waals surface area contributed by atoms with Gasteiger partial charge < -0.3 is 10.1 Å². The van der Waals surface area contributed by atoms with Crippen molar-refractivity contribution in [1.82, 2.24) is 5.32 Å². The van der Waals surface area contributed by atoms with Gasteiger partial charge in [0.2, 0.25) is 0 Å². The summed E-state index contributed by atoms with van der Waals surface area (Å²) < 4.78 is 4.95. The van der Waals surface area contributed by atoms with E-state index in [0.717, 1.165) is 0 Å². The molecule has 1 aliphatic carbocycles. The van der Waals surface area contributed by atoms with Gasteiger partial charge >= 0.3 is 5.97 Å². The average molecular weight is 199 g/mol. The molecule has 1 saturated carbocycles. The minimum Gasteiger partial charge on any atom is -0.466 e. The summed E-state index contributed by atoms with van der Waals surface area (Å²) in [6, 6.07) is 0.929. The molecule has 0 aromatic carbocycles. The van der Waals surface area contributed by atoms with Crippen molar-refractivity contribution in [3.05, 3.63) is 0 Å². The Morgan fingerprint density at radius 2 is 2.14 bits per heavy atom. The van der Waals surface area contributed by atoms with Gasteiger partial charge in [0.05, 0.1) is 13.0 Å². The number of carbonyl (C=O) groups is 1. The number of hydrogen-bond acceptors (Lipinski definition) is 3. The number of ether oxygens (including phenoxy) is 1. The third kappa shape index (κ3) is 4.09. The van der Waals surface area contributed by atoms with Gasteiger partial charge in [-0.2, -0.15) is 0 Å². The van der Waals surface area contributed by atoms with Crippen LogP contribution in [0.2, 0.25) is 0 Å². The fraction of sp³-hybridized carbons (Fsp3) is 0.909. The average Bonchev–Trinajstić information content (AvgIpc) is 2.87. The predicted molar refractivity (Wildman–Crippen MR) is 56.0 cm³/mol. The van der Waals surface area contributed by atoms with Crippen molar-refractivity contribution in [2.45, 2.75) is 52.1 Å². The van der Waals surface area contributed by atoms with Gasteiger partial charge in [-0.3, -0.25) is 4.79 Å². The zero-order valence-corrected chi connectivity index (χ0v) is 9.38. The highest BCUT2D eigenvalue weighted by molar-refractivity contribution is 5.70. The van der Waals surface area contributed by atoms with Crippen LogP contribution in [-0.4, -0.2) is 24.7 Å². The lowest BCUT2D eigenvalue weighted by atomic mass is 10.0. The van der Waals surface area contributed by atoms with Crippen LogP contribution < -0.4 is 5.32 Å². The van der Waals surface area contributed by atoms with Crippen molar-refractivity contribution in [3.8, 4) is 0 Å². The lowest BCUT2D eigenvalue weighted by Gasteiger charge is -2.21. The molecule has 0 spiro atoms. The number of carbonyl (C=O) groups excluding carboxylic acids is 1. The van der Waals surface area contributed by atoms with Crippen LogP contribution in [0.25, 0.3) is 0 Å². The smallest absolute Gasteiger partial charge is 0.307 e. The van der Waals surface area contributed by atoms with Crippen LogP contribution in [0.3, 0.4) is 0 Å². The second-order valence-corrected chi connectivity index (χ2v) is 4.30. The van der Waals surface area contributed by atoms with E-state index in [2.05, 4.69) is 19.2 Å². The second kappa shape index (κ2) is 5.35. The molecule has 3 nitrogen and oxygen atoms in total. The standard InChI is InChI=1S/C11H21NO2/c1-4-14-11(13)7-10(8(2)3)12-9-5-6-9/h8-10,12H,4-7H2,1-3H3/t10-/m0/s1. The van der Waals surface area contributed by atoms with E-state index in [-0.39, 0.29) is 12.0 Å². The first-order chi connectivity index (χ1) is 6.63. The summed E-state index contributed by atoms with van der Waals surface area (Å²) in [7, 11) is 0. The predicted octanol–water partition coefficient (Wildman–Crippen LogP) is 1.72. The first kappa shape index (κ1) is 11.5. The maximum atomic E-state index is 11.3. The summed E-state index contributed by atoms with van der Waals surface area (Å²) in [6.07, 6.45) is 3.01. The molecule has 14 heavy (non-hydrogen) atoms. The zero-order valence-electron chi connectivity index (χ0n) is 9.38. The molecule has 1 atom stereocenters. The van der Waals surface area contributed by atoms with Crippen molar-refractivity contribution >= 4 is 5.97 Å². The maximum Gasteiger partial charge on any atom is 0.307 e. The normalized spacial score (nSPS) is 18.3. The fourth-order valence-electron chi connectivity index (χ4n) is 1.44. The third-order valence-electron chi connectivity index (χ3n) is 2.52. The van der Waals surface area contributed by atoms with Crippen molar-refractivity contribution < 1.29 is 9.53 Å². The Hall–Kier alpha value is -0.570. The van der Waals surface area contributed by atoms with Crippen molar-refractivity contribution in [2.24, 2.45) is 5.92 Å². The number of nitrogens with one attached hydrogen (secondary N) is 1. The molecule has 0 aliphatic heterocycles. The van der Waals surface area contributed by atoms with Crippen LogP contribution in [-0.2, 0) is 9.53 Å². The highest BCUT2D eigenvalue weighted by atomic mass is 16.5. The number of rotatable bonds is 6. The molecule has 0 saturated heterocycles. The fourth-order valence-corrected chi connectivity index (χ4v) is 1.44. The van der Waals surface area contributed by atoms with Crippen LogP contribution in [0, 0.1) is 5.92 Å². The van der Waals surface area contributed by atoms with E-state index in [9.17, 15) is 4.79 Å². The molecule has 1 rings (SSSR count). The summed E-state index contributed by atoms with van der Waals surface area (Å²) in [5.41, 5.74) is 0. The van der Waals surface area contributed by atoms with Gasteiger partial charge in [0.25, 0.3) is 0 Å². The molecular weight excluding hydrogens is 178 g/mol. The first-order valence-corrected chi connectivity index (χ1v) is 5.55. The molecule has 1 aliphatic rings. The molecule has 0 bridgehead atoms. The Morgan fingerprint density at radius 3 is 2.57 bits per heavy atom. The Balaban J connectivity index is 2.29. The minimum atomic E-state index is -0.0839. The lowest BCUT2D eigenvalue weighted by molar-refractivity contribution is -0.144. The minimum absolute atomic E-state index is 0.0839. The Labute approximate surface area is 86.2 Å². The summed E-state index contributed by atoms with van der Waals surface area (Å²) in [4.78, 5) is 11.3. The van der Waals surface area contributed by atoms with Gasteiger partial charge in [-0.25, -0.2) is 0 Å². The zero-order chi connectivity index (χ0) is 10.6. The molecule has 82 valence electrons. The topological polar surface area (TPSA) is 38.3 Å². The molecule has 0 unspecified atom stereocenters. The Bertz CT molecular complexity index is 188. The molecule has 0 aromatic rings. The molecule has 0 radical (unpaired) electrons. The highest BCUT2D eigenvalue weighted by Crippen LogP contribution is 2.22. The number of esters is 1. The Morgan fingerprint density at radius 1 is 1.50 bits per heavy atom. The van der Waals surface area contributed by atoms with Gasteiger partial charge in [0.1, 0.15) is 0 Å². The van der Waals surface area contributed by atoms with E-state index >= 15 is 0 Å². The van der Waals surface area contributed by atoms with E-state index in [0.29, 0.717) is 25.0 Å². The van der Waals surface area contributed by atoms with Gasteiger partial charge in [-0.1, -0.05) is 13.8 Å². The third-order valence-corrected chi connectivity index (χ3v) is 2.52.